The van der Waals surface area contributed by atoms with Gasteiger partial charge in [-0.1, -0.05) is 94.9 Å². The van der Waals surface area contributed by atoms with Crippen LogP contribution in [0.1, 0.15) is 108 Å². The molecule has 3 rings (SSSR count). The lowest BCUT2D eigenvalue weighted by atomic mass is 9.97. The number of aromatic nitrogens is 2. The maximum atomic E-state index is 12.3. The average Bonchev–Trinajstić information content (AvgIpc) is 3.36. The van der Waals surface area contributed by atoms with Gasteiger partial charge in [0.1, 0.15) is 5.82 Å². The van der Waals surface area contributed by atoms with Crippen molar-refractivity contribution in [2.24, 2.45) is 5.92 Å². The Hall–Kier alpha value is -1.66. The van der Waals surface area contributed by atoms with Crippen LogP contribution < -0.4 is 10.2 Å². The van der Waals surface area contributed by atoms with Gasteiger partial charge in [0.2, 0.25) is 11.0 Å². The molecular weight excluding hydrogens is 488 g/mol. The molecule has 2 heterocycles. The van der Waals surface area contributed by atoms with E-state index in [-0.39, 0.29) is 5.91 Å². The number of amides is 1. The molecule has 7 heteroatoms. The second kappa shape index (κ2) is 17.0. The highest BCUT2D eigenvalue weighted by Crippen LogP contribution is 2.25. The van der Waals surface area contributed by atoms with Gasteiger partial charge in [-0.15, -0.1) is 0 Å². The Labute approximate surface area is 227 Å². The predicted molar refractivity (Wildman–Crippen MR) is 153 cm³/mol. The summed E-state index contributed by atoms with van der Waals surface area (Å²) in [5, 5.41) is 4.95. The zero-order chi connectivity index (χ0) is 25.4. The summed E-state index contributed by atoms with van der Waals surface area (Å²) in [6.45, 7) is 5.04. The summed E-state index contributed by atoms with van der Waals surface area (Å²) in [4.78, 5) is 19.4. The third kappa shape index (κ3) is 11.2. The largest absolute Gasteiger partial charge is 0.356 e. The number of hydrogen-bond acceptors (Lipinski definition) is 5. The normalized spacial score (nSPS) is 14.3. The van der Waals surface area contributed by atoms with E-state index in [2.05, 4.69) is 21.5 Å². The van der Waals surface area contributed by atoms with Gasteiger partial charge in [0, 0.05) is 49.0 Å². The number of hydrogen-bond donors (Lipinski definition) is 1. The topological polar surface area (TPSA) is 58.1 Å². The lowest BCUT2D eigenvalue weighted by molar-refractivity contribution is -0.121. The first-order valence-corrected chi connectivity index (χ1v) is 15.4. The summed E-state index contributed by atoms with van der Waals surface area (Å²) in [6, 6.07) is 7.87. The van der Waals surface area contributed by atoms with Crippen LogP contribution in [-0.4, -0.2) is 34.9 Å². The van der Waals surface area contributed by atoms with Crippen molar-refractivity contribution in [3.05, 3.63) is 40.7 Å². The number of anilines is 1. The van der Waals surface area contributed by atoms with E-state index in [0.717, 1.165) is 61.3 Å². The molecule has 1 amide bonds. The average molecular weight is 533 g/mol. The summed E-state index contributed by atoms with van der Waals surface area (Å²) < 4.78 is 4.56. The molecule has 0 unspecified atom stereocenters. The highest BCUT2D eigenvalue weighted by molar-refractivity contribution is 7.09. The summed E-state index contributed by atoms with van der Waals surface area (Å²) >= 11 is 7.46. The number of carbonyl (C=O) groups is 1. The van der Waals surface area contributed by atoms with E-state index in [4.69, 9.17) is 16.6 Å². The lowest BCUT2D eigenvalue weighted by Crippen LogP contribution is -2.38. The van der Waals surface area contributed by atoms with E-state index in [1.807, 2.05) is 24.3 Å². The van der Waals surface area contributed by atoms with Crippen LogP contribution in [-0.2, 0) is 11.2 Å². The van der Waals surface area contributed by atoms with Gasteiger partial charge in [0.05, 0.1) is 0 Å². The van der Waals surface area contributed by atoms with Gasteiger partial charge in [0.15, 0.2) is 0 Å². The Morgan fingerprint density at radius 3 is 2.22 bits per heavy atom. The Balaban J connectivity index is 1.20. The van der Waals surface area contributed by atoms with Gasteiger partial charge < -0.3 is 10.2 Å². The molecule has 0 radical (unpaired) electrons. The third-order valence-electron chi connectivity index (χ3n) is 7.21. The summed E-state index contributed by atoms with van der Waals surface area (Å²) in [7, 11) is 0. The smallest absolute Gasteiger partial charge is 0.220 e. The van der Waals surface area contributed by atoms with Crippen molar-refractivity contribution in [3.8, 4) is 0 Å². The maximum absolute atomic E-state index is 12.3. The second-order valence-electron chi connectivity index (χ2n) is 10.3. The first kappa shape index (κ1) is 28.9. The highest BCUT2D eigenvalue weighted by atomic mass is 35.5. The molecule has 0 bridgehead atoms. The number of unbranched alkanes of at least 4 members (excludes halogenated alkanes) is 10. The molecule has 36 heavy (non-hydrogen) atoms. The van der Waals surface area contributed by atoms with Crippen LogP contribution in [0.25, 0.3) is 0 Å². The minimum atomic E-state index is 0.226. The van der Waals surface area contributed by atoms with E-state index in [1.54, 1.807) is 0 Å². The van der Waals surface area contributed by atoms with Crippen LogP contribution in [0.3, 0.4) is 0 Å². The Kier molecular flexibility index (Phi) is 13.6. The molecule has 1 aliphatic rings. The molecule has 1 aromatic carbocycles. The van der Waals surface area contributed by atoms with Crippen molar-refractivity contribution in [3.63, 3.8) is 0 Å². The van der Waals surface area contributed by atoms with Gasteiger partial charge in [-0.3, -0.25) is 4.79 Å². The maximum Gasteiger partial charge on any atom is 0.220 e. The molecule has 200 valence electrons. The fourth-order valence-electron chi connectivity index (χ4n) is 4.85. The van der Waals surface area contributed by atoms with E-state index in [9.17, 15) is 4.79 Å². The van der Waals surface area contributed by atoms with Gasteiger partial charge in [-0.05, 0) is 42.9 Å². The quantitative estimate of drug-likeness (QED) is 0.211. The third-order valence-corrected chi connectivity index (χ3v) is 8.28. The van der Waals surface area contributed by atoms with Crippen molar-refractivity contribution in [1.29, 1.82) is 0 Å². The number of carbonyl (C=O) groups excluding carboxylic acids is 1. The molecule has 0 atom stereocenters. The van der Waals surface area contributed by atoms with E-state index in [0.29, 0.717) is 12.3 Å². The van der Waals surface area contributed by atoms with E-state index >= 15 is 0 Å². The van der Waals surface area contributed by atoms with Crippen LogP contribution in [0.2, 0.25) is 5.02 Å². The highest BCUT2D eigenvalue weighted by Gasteiger charge is 2.22. The zero-order valence-electron chi connectivity index (χ0n) is 22.2. The van der Waals surface area contributed by atoms with Gasteiger partial charge >= 0.3 is 0 Å². The van der Waals surface area contributed by atoms with E-state index in [1.165, 1.54) is 81.3 Å². The lowest BCUT2D eigenvalue weighted by Gasteiger charge is -2.31. The Morgan fingerprint density at radius 1 is 0.972 bits per heavy atom. The molecule has 0 aliphatic carbocycles. The molecule has 5 nitrogen and oxygen atoms in total. The van der Waals surface area contributed by atoms with Crippen LogP contribution >= 0.6 is 23.1 Å². The van der Waals surface area contributed by atoms with Crippen molar-refractivity contribution in [2.45, 2.75) is 103 Å². The van der Waals surface area contributed by atoms with Gasteiger partial charge in [-0.25, -0.2) is 4.98 Å². The molecule has 1 saturated heterocycles. The first-order chi connectivity index (χ1) is 17.6. The van der Waals surface area contributed by atoms with Crippen molar-refractivity contribution >= 4 is 34.2 Å². The number of piperidine rings is 1. The van der Waals surface area contributed by atoms with Crippen LogP contribution in [0.4, 0.5) is 5.13 Å². The molecule has 1 fully saturated rings. The van der Waals surface area contributed by atoms with E-state index < -0.39 is 0 Å². The minimum absolute atomic E-state index is 0.226. The molecule has 1 aliphatic heterocycles. The molecule has 1 aromatic heterocycles. The van der Waals surface area contributed by atoms with Crippen molar-refractivity contribution < 1.29 is 4.79 Å². The van der Waals surface area contributed by atoms with Gasteiger partial charge in [0.25, 0.3) is 0 Å². The number of rotatable bonds is 17. The Bertz CT molecular complexity index is 864. The standard InChI is InChI=1S/C29H45ClN4OS/c1-2-3-4-5-6-7-8-9-10-11-12-13-28(35)31-23-25-18-20-34(21-19-25)29-32-27(33-36-29)22-24-14-16-26(30)17-15-24/h14-17,25H,2-13,18-23H2,1H3,(H,31,35). The molecule has 1 N–H and O–H groups in total. The molecular formula is C29H45ClN4OS. The summed E-state index contributed by atoms with van der Waals surface area (Å²) in [5.41, 5.74) is 1.17. The number of nitrogens with zero attached hydrogens (tertiary/aromatic N) is 3. The second-order valence-corrected chi connectivity index (χ2v) is 11.5. The minimum Gasteiger partial charge on any atom is -0.356 e. The van der Waals surface area contributed by atoms with Crippen LogP contribution in [0, 0.1) is 5.92 Å². The zero-order valence-corrected chi connectivity index (χ0v) is 23.7. The summed E-state index contributed by atoms with van der Waals surface area (Å²) in [6.07, 6.45) is 18.0. The van der Waals surface area contributed by atoms with Crippen molar-refractivity contribution in [2.75, 3.05) is 24.5 Å². The summed E-state index contributed by atoms with van der Waals surface area (Å²) in [5.74, 6) is 1.66. The number of halogens is 1. The Morgan fingerprint density at radius 2 is 1.58 bits per heavy atom. The predicted octanol–water partition coefficient (Wildman–Crippen LogP) is 7.82. The van der Waals surface area contributed by atoms with Crippen LogP contribution in [0.5, 0.6) is 0 Å². The van der Waals surface area contributed by atoms with Crippen molar-refractivity contribution in [1.82, 2.24) is 14.7 Å². The molecule has 0 saturated carbocycles. The molecule has 2 aromatic rings. The van der Waals surface area contributed by atoms with Gasteiger partial charge in [-0.2, -0.15) is 4.37 Å². The number of nitrogens with one attached hydrogen (secondary N) is 1. The molecule has 0 spiro atoms. The fraction of sp³-hybridized carbons (Fsp3) is 0.690. The fourth-order valence-corrected chi connectivity index (χ4v) is 5.72. The first-order valence-electron chi connectivity index (χ1n) is 14.2. The van der Waals surface area contributed by atoms with Crippen LogP contribution in [0.15, 0.2) is 24.3 Å². The monoisotopic (exact) mass is 532 g/mol. The number of benzene rings is 1. The SMILES string of the molecule is CCCCCCCCCCCCCC(=O)NCC1CCN(c2nc(Cc3ccc(Cl)cc3)ns2)CC1.